The van der Waals surface area contributed by atoms with E-state index in [0.29, 0.717) is 42.9 Å². The summed E-state index contributed by atoms with van der Waals surface area (Å²) in [6, 6.07) is 11.8. The molecule has 4 aromatic rings. The van der Waals surface area contributed by atoms with E-state index in [2.05, 4.69) is 16.3 Å². The van der Waals surface area contributed by atoms with Gasteiger partial charge >= 0.3 is 12.3 Å². The van der Waals surface area contributed by atoms with Gasteiger partial charge < -0.3 is 14.5 Å². The first-order chi connectivity index (χ1) is 20.6. The van der Waals surface area contributed by atoms with E-state index in [9.17, 15) is 18.4 Å². The van der Waals surface area contributed by atoms with Gasteiger partial charge in [0.1, 0.15) is 17.4 Å². The number of halogens is 4. The number of fused-ring (bicyclic) bond motifs is 1. The number of hydrogen-bond acceptors (Lipinski definition) is 6. The highest BCUT2D eigenvalue weighted by Gasteiger charge is 2.30. The van der Waals surface area contributed by atoms with Crippen LogP contribution < -0.4 is 15.3 Å². The first-order valence-electron chi connectivity index (χ1n) is 13.8. The third kappa shape index (κ3) is 5.94. The second kappa shape index (κ2) is 12.5. The van der Waals surface area contributed by atoms with E-state index in [0.717, 1.165) is 30.2 Å². The summed E-state index contributed by atoms with van der Waals surface area (Å²) in [4.78, 5) is 38.9. The minimum absolute atomic E-state index is 0.0174. The Morgan fingerprint density at radius 2 is 1.95 bits per heavy atom. The summed E-state index contributed by atoms with van der Waals surface area (Å²) in [6.07, 6.45) is 2.74. The molecule has 1 saturated heterocycles. The van der Waals surface area contributed by atoms with Crippen LogP contribution >= 0.6 is 11.6 Å². The summed E-state index contributed by atoms with van der Waals surface area (Å²) in [5.41, 5.74) is 0.759. The van der Waals surface area contributed by atoms with Crippen molar-refractivity contribution in [2.45, 2.75) is 39.3 Å². The Bertz CT molecular complexity index is 1760. The molecular weight excluding hydrogens is 583 g/mol. The predicted molar refractivity (Wildman–Crippen MR) is 160 cm³/mol. The van der Waals surface area contributed by atoms with Gasteiger partial charge in [0, 0.05) is 31.2 Å². The number of para-hydroxylation sites is 1. The van der Waals surface area contributed by atoms with Gasteiger partial charge in [-0.3, -0.25) is 4.79 Å². The van der Waals surface area contributed by atoms with E-state index >= 15 is 4.39 Å². The fourth-order valence-electron chi connectivity index (χ4n) is 5.40. The van der Waals surface area contributed by atoms with Crippen molar-refractivity contribution in [3.8, 4) is 22.7 Å². The molecule has 0 radical (unpaired) electrons. The lowest BCUT2D eigenvalue weighted by Gasteiger charge is -2.40. The monoisotopic (exact) mass is 611 g/mol. The molecule has 2 aromatic heterocycles. The van der Waals surface area contributed by atoms with Crippen molar-refractivity contribution in [2.75, 3.05) is 24.5 Å². The van der Waals surface area contributed by atoms with Gasteiger partial charge in [-0.05, 0) is 55.3 Å². The Balaban J connectivity index is 1.76. The molecule has 0 aliphatic carbocycles. The summed E-state index contributed by atoms with van der Waals surface area (Å²) < 4.78 is 46.8. The van der Waals surface area contributed by atoms with Gasteiger partial charge in [0.05, 0.1) is 21.8 Å². The molecule has 12 heteroatoms. The van der Waals surface area contributed by atoms with Gasteiger partial charge in [-0.25, -0.2) is 18.7 Å². The molecular formula is C31H29ClF3N5O3. The number of aromatic nitrogens is 3. The Morgan fingerprint density at radius 1 is 1.19 bits per heavy atom. The fraction of sp³-hybridized carbons (Fsp3) is 0.290. The number of piperazine rings is 1. The fourth-order valence-corrected chi connectivity index (χ4v) is 5.66. The normalized spacial score (nSPS) is 15.3. The number of nitrogens with zero attached hydrogens (tertiary/aromatic N) is 5. The number of carbonyl (C=O) groups excluding carboxylic acids is 1. The molecule has 1 aliphatic heterocycles. The SMILES string of the molecule is C=CC(=O)N1CCN(c2nc(=O)n(-c3ccccc3CCC)c3nc(-c4cc(OC(F)F)ccc4F)c(Cl)cc23)[C@@H](C)C1. The van der Waals surface area contributed by atoms with Crippen LogP contribution in [0.2, 0.25) is 5.02 Å². The minimum Gasteiger partial charge on any atom is -0.435 e. The average molecular weight is 612 g/mol. The molecule has 0 spiro atoms. The van der Waals surface area contributed by atoms with E-state index in [1.165, 1.54) is 10.6 Å². The Kier molecular flexibility index (Phi) is 8.72. The van der Waals surface area contributed by atoms with Crippen LogP contribution in [0, 0.1) is 5.82 Å². The number of anilines is 1. The Hall–Kier alpha value is -4.38. The van der Waals surface area contributed by atoms with Crippen LogP contribution in [0.4, 0.5) is 19.0 Å². The largest absolute Gasteiger partial charge is 0.435 e. The van der Waals surface area contributed by atoms with Crippen LogP contribution in [0.1, 0.15) is 25.8 Å². The van der Waals surface area contributed by atoms with Crippen LogP contribution in [0.3, 0.4) is 0 Å². The maximum absolute atomic E-state index is 15.1. The highest BCUT2D eigenvalue weighted by Crippen LogP contribution is 2.37. The van der Waals surface area contributed by atoms with Crippen molar-refractivity contribution in [2.24, 2.45) is 0 Å². The molecule has 43 heavy (non-hydrogen) atoms. The summed E-state index contributed by atoms with van der Waals surface area (Å²) in [5, 5.41) is 0.444. The predicted octanol–water partition coefficient (Wildman–Crippen LogP) is 6.02. The molecule has 1 atom stereocenters. The zero-order valence-electron chi connectivity index (χ0n) is 23.6. The van der Waals surface area contributed by atoms with Gasteiger partial charge in [0.15, 0.2) is 5.65 Å². The lowest BCUT2D eigenvalue weighted by Crippen LogP contribution is -2.54. The molecule has 1 amide bonds. The number of carbonyl (C=O) groups is 1. The van der Waals surface area contributed by atoms with E-state index in [4.69, 9.17) is 16.6 Å². The third-order valence-corrected chi connectivity index (χ3v) is 7.65. The Labute approximate surface area is 251 Å². The molecule has 2 aromatic carbocycles. The van der Waals surface area contributed by atoms with Crippen LogP contribution in [-0.4, -0.2) is 57.6 Å². The molecule has 8 nitrogen and oxygen atoms in total. The number of pyridine rings is 1. The number of amides is 1. The molecule has 5 rings (SSSR count). The number of alkyl halides is 2. The summed E-state index contributed by atoms with van der Waals surface area (Å²) in [7, 11) is 0. The van der Waals surface area contributed by atoms with Gasteiger partial charge in [-0.15, -0.1) is 0 Å². The summed E-state index contributed by atoms with van der Waals surface area (Å²) in [6.45, 7) is 5.50. The number of ether oxygens (including phenoxy) is 1. The first kappa shape index (κ1) is 30.1. The Morgan fingerprint density at radius 3 is 2.65 bits per heavy atom. The van der Waals surface area contributed by atoms with Crippen molar-refractivity contribution in [1.29, 1.82) is 0 Å². The summed E-state index contributed by atoms with van der Waals surface area (Å²) in [5.74, 6) is -0.909. The van der Waals surface area contributed by atoms with Crippen molar-refractivity contribution in [1.82, 2.24) is 19.4 Å². The first-order valence-corrected chi connectivity index (χ1v) is 14.1. The van der Waals surface area contributed by atoms with Gasteiger partial charge in [-0.1, -0.05) is 49.7 Å². The van der Waals surface area contributed by atoms with Crippen molar-refractivity contribution < 1.29 is 22.7 Å². The second-order valence-electron chi connectivity index (χ2n) is 10.2. The topological polar surface area (TPSA) is 80.6 Å². The van der Waals surface area contributed by atoms with E-state index in [-0.39, 0.29) is 39.6 Å². The van der Waals surface area contributed by atoms with Crippen LogP contribution in [0.15, 0.2) is 66.0 Å². The van der Waals surface area contributed by atoms with Crippen LogP contribution in [-0.2, 0) is 11.2 Å². The highest BCUT2D eigenvalue weighted by molar-refractivity contribution is 6.34. The second-order valence-corrected chi connectivity index (χ2v) is 10.6. The highest BCUT2D eigenvalue weighted by atomic mass is 35.5. The molecule has 224 valence electrons. The quantitative estimate of drug-likeness (QED) is 0.227. The molecule has 0 bridgehead atoms. The number of rotatable bonds is 8. The lowest BCUT2D eigenvalue weighted by atomic mass is 10.1. The molecule has 0 unspecified atom stereocenters. The van der Waals surface area contributed by atoms with Crippen molar-refractivity contribution in [3.63, 3.8) is 0 Å². The lowest BCUT2D eigenvalue weighted by molar-refractivity contribution is -0.126. The average Bonchev–Trinajstić information content (AvgIpc) is 2.98. The van der Waals surface area contributed by atoms with E-state index in [1.54, 1.807) is 23.1 Å². The molecule has 0 saturated carbocycles. The zero-order valence-corrected chi connectivity index (χ0v) is 24.3. The van der Waals surface area contributed by atoms with Crippen LogP contribution in [0.5, 0.6) is 5.75 Å². The van der Waals surface area contributed by atoms with E-state index in [1.807, 2.05) is 30.9 Å². The van der Waals surface area contributed by atoms with Gasteiger partial charge in [0.25, 0.3) is 0 Å². The van der Waals surface area contributed by atoms with Crippen molar-refractivity contribution in [3.05, 3.63) is 88.1 Å². The van der Waals surface area contributed by atoms with E-state index < -0.39 is 18.1 Å². The smallest absolute Gasteiger partial charge is 0.387 e. The number of benzene rings is 2. The summed E-state index contributed by atoms with van der Waals surface area (Å²) >= 11 is 6.70. The zero-order chi connectivity index (χ0) is 30.8. The van der Waals surface area contributed by atoms with Crippen LogP contribution in [0.25, 0.3) is 28.0 Å². The van der Waals surface area contributed by atoms with Crippen molar-refractivity contribution >= 4 is 34.4 Å². The standard InChI is InChI=1S/C31H29ClF3N5O3/c1-4-8-19-9-6-7-10-25(19)40-29-22(28(37-31(40)42)39-14-13-38(17-18(39)3)26(41)5-2)16-23(32)27(36-29)21-15-20(43-30(34)35)11-12-24(21)33/h5-7,9-12,15-16,18,30H,2,4,8,13-14,17H2,1,3H3/t18-/m0/s1. The molecule has 1 fully saturated rings. The third-order valence-electron chi connectivity index (χ3n) is 7.36. The van der Waals surface area contributed by atoms with Gasteiger partial charge in [0.2, 0.25) is 5.91 Å². The molecule has 3 heterocycles. The maximum Gasteiger partial charge on any atom is 0.387 e. The molecule has 0 N–H and O–H groups in total. The molecule has 1 aliphatic rings. The maximum atomic E-state index is 15.1. The van der Waals surface area contributed by atoms with Gasteiger partial charge in [-0.2, -0.15) is 13.8 Å². The number of aryl methyl sites for hydroxylation is 1. The minimum atomic E-state index is -3.11. The number of hydrogen-bond donors (Lipinski definition) is 0.